The summed E-state index contributed by atoms with van der Waals surface area (Å²) < 4.78 is 6.56. The molecule has 0 amide bonds. The number of rotatable bonds is 3. The van der Waals surface area contributed by atoms with E-state index in [1.165, 1.54) is 35.7 Å². The van der Waals surface area contributed by atoms with E-state index in [1.54, 1.807) is 0 Å². The minimum atomic E-state index is 0.689. The first kappa shape index (κ1) is 12.6. The second kappa shape index (κ2) is 5.72. The van der Waals surface area contributed by atoms with Crippen molar-refractivity contribution in [2.75, 3.05) is 13.2 Å². The van der Waals surface area contributed by atoms with Crippen molar-refractivity contribution in [1.82, 2.24) is 5.32 Å². The molecule has 1 aromatic rings. The van der Waals surface area contributed by atoms with Crippen LogP contribution in [-0.2, 0) is 4.74 Å². The van der Waals surface area contributed by atoms with Gasteiger partial charge in [0.05, 0.1) is 0 Å². The minimum absolute atomic E-state index is 0.689. The fourth-order valence-electron chi connectivity index (χ4n) is 2.96. The average molecular weight is 310 g/mol. The number of halogens is 1. The molecule has 18 heavy (non-hydrogen) atoms. The molecule has 0 spiro atoms. The lowest BCUT2D eigenvalue weighted by atomic mass is 9.75. The summed E-state index contributed by atoms with van der Waals surface area (Å²) in [5, 5.41) is 3.78. The summed E-state index contributed by atoms with van der Waals surface area (Å²) in [4.78, 5) is 0. The van der Waals surface area contributed by atoms with Crippen LogP contribution in [0.15, 0.2) is 28.7 Å². The number of hydrogen-bond acceptors (Lipinski definition) is 2. The Morgan fingerprint density at radius 1 is 1.00 bits per heavy atom. The summed E-state index contributed by atoms with van der Waals surface area (Å²) in [6, 6.07) is 10.2. The summed E-state index contributed by atoms with van der Waals surface area (Å²) in [6.45, 7) is 1.86. The zero-order chi connectivity index (χ0) is 12.4. The van der Waals surface area contributed by atoms with Crippen LogP contribution in [0.3, 0.4) is 0 Å². The van der Waals surface area contributed by atoms with Crippen LogP contribution in [0.4, 0.5) is 0 Å². The maximum atomic E-state index is 5.39. The Balaban J connectivity index is 1.46. The molecule has 2 aliphatic rings. The minimum Gasteiger partial charge on any atom is -0.381 e. The monoisotopic (exact) mass is 309 g/mol. The molecule has 3 heteroatoms. The zero-order valence-electron chi connectivity index (χ0n) is 10.6. The number of ether oxygens (including phenoxy) is 1. The van der Waals surface area contributed by atoms with Crippen LogP contribution in [0.2, 0.25) is 0 Å². The first-order valence-electron chi connectivity index (χ1n) is 6.90. The standard InChI is InChI=1S/C15H20BrNO/c16-13-3-1-11(2-4-13)12-9-15(10-12)17-14-5-7-18-8-6-14/h1-4,12,14-15,17H,5-10H2. The van der Waals surface area contributed by atoms with Crippen LogP contribution in [0.5, 0.6) is 0 Å². The molecule has 98 valence electrons. The van der Waals surface area contributed by atoms with Gasteiger partial charge in [0.2, 0.25) is 0 Å². The Morgan fingerprint density at radius 3 is 2.33 bits per heavy atom. The van der Waals surface area contributed by atoms with Crippen molar-refractivity contribution in [2.24, 2.45) is 0 Å². The van der Waals surface area contributed by atoms with E-state index >= 15 is 0 Å². The highest BCUT2D eigenvalue weighted by molar-refractivity contribution is 9.10. The van der Waals surface area contributed by atoms with Crippen molar-refractivity contribution in [2.45, 2.75) is 43.7 Å². The van der Waals surface area contributed by atoms with Gasteiger partial charge in [-0.25, -0.2) is 0 Å². The lowest BCUT2D eigenvalue weighted by molar-refractivity contribution is 0.0698. The maximum absolute atomic E-state index is 5.39. The van der Waals surface area contributed by atoms with Crippen LogP contribution in [0, 0.1) is 0 Å². The van der Waals surface area contributed by atoms with E-state index in [-0.39, 0.29) is 0 Å². The predicted molar refractivity (Wildman–Crippen MR) is 76.9 cm³/mol. The molecule has 1 aliphatic heterocycles. The molecule has 1 aromatic carbocycles. The van der Waals surface area contributed by atoms with E-state index in [4.69, 9.17) is 4.74 Å². The molecule has 0 unspecified atom stereocenters. The van der Waals surface area contributed by atoms with Gasteiger partial charge < -0.3 is 10.1 Å². The van der Waals surface area contributed by atoms with Crippen molar-refractivity contribution in [3.63, 3.8) is 0 Å². The van der Waals surface area contributed by atoms with Gasteiger partial charge in [-0.05, 0) is 49.3 Å². The average Bonchev–Trinajstić information content (AvgIpc) is 2.36. The largest absolute Gasteiger partial charge is 0.381 e. The Bertz CT molecular complexity index is 380. The molecule has 1 saturated heterocycles. The van der Waals surface area contributed by atoms with Gasteiger partial charge in [-0.3, -0.25) is 0 Å². The summed E-state index contributed by atoms with van der Waals surface area (Å²) in [7, 11) is 0. The molecule has 1 saturated carbocycles. The molecule has 0 atom stereocenters. The highest BCUT2D eigenvalue weighted by Crippen LogP contribution is 2.37. The van der Waals surface area contributed by atoms with Crippen LogP contribution < -0.4 is 5.32 Å². The zero-order valence-corrected chi connectivity index (χ0v) is 12.2. The van der Waals surface area contributed by atoms with Crippen LogP contribution in [-0.4, -0.2) is 25.3 Å². The molecule has 1 aliphatic carbocycles. The molecule has 0 radical (unpaired) electrons. The van der Waals surface area contributed by atoms with Crippen molar-refractivity contribution < 1.29 is 4.74 Å². The molecule has 1 N–H and O–H groups in total. The third kappa shape index (κ3) is 2.95. The molecule has 2 nitrogen and oxygen atoms in total. The molecule has 1 heterocycles. The van der Waals surface area contributed by atoms with Gasteiger partial charge in [0.25, 0.3) is 0 Å². The van der Waals surface area contributed by atoms with E-state index in [0.717, 1.165) is 25.2 Å². The third-order valence-electron chi connectivity index (χ3n) is 4.17. The topological polar surface area (TPSA) is 21.3 Å². The van der Waals surface area contributed by atoms with Gasteiger partial charge in [0.1, 0.15) is 0 Å². The smallest absolute Gasteiger partial charge is 0.0480 e. The Morgan fingerprint density at radius 2 is 1.67 bits per heavy atom. The number of benzene rings is 1. The van der Waals surface area contributed by atoms with Gasteiger partial charge >= 0.3 is 0 Å². The number of nitrogens with one attached hydrogen (secondary N) is 1. The van der Waals surface area contributed by atoms with Gasteiger partial charge in [0, 0.05) is 29.8 Å². The maximum Gasteiger partial charge on any atom is 0.0480 e. The van der Waals surface area contributed by atoms with Crippen molar-refractivity contribution in [3.05, 3.63) is 34.3 Å². The second-order valence-corrected chi connectivity index (χ2v) is 6.39. The van der Waals surface area contributed by atoms with Gasteiger partial charge in [0.15, 0.2) is 0 Å². The summed E-state index contributed by atoms with van der Waals surface area (Å²) in [5.74, 6) is 0.760. The summed E-state index contributed by atoms with van der Waals surface area (Å²) >= 11 is 3.49. The van der Waals surface area contributed by atoms with Gasteiger partial charge in [-0.15, -0.1) is 0 Å². The van der Waals surface area contributed by atoms with Gasteiger partial charge in [-0.2, -0.15) is 0 Å². The van der Waals surface area contributed by atoms with Crippen molar-refractivity contribution >= 4 is 15.9 Å². The first-order valence-corrected chi connectivity index (χ1v) is 7.70. The van der Waals surface area contributed by atoms with E-state index in [0.29, 0.717) is 6.04 Å². The highest BCUT2D eigenvalue weighted by Gasteiger charge is 2.31. The lowest BCUT2D eigenvalue weighted by Crippen LogP contribution is -2.47. The van der Waals surface area contributed by atoms with Gasteiger partial charge in [-0.1, -0.05) is 28.1 Å². The molecular weight excluding hydrogens is 290 g/mol. The highest BCUT2D eigenvalue weighted by atomic mass is 79.9. The fraction of sp³-hybridized carbons (Fsp3) is 0.600. The Labute approximate surface area is 117 Å². The SMILES string of the molecule is Brc1ccc(C2CC(NC3CCOCC3)C2)cc1. The summed E-state index contributed by atoms with van der Waals surface area (Å²) in [6.07, 6.45) is 4.94. The molecule has 0 bridgehead atoms. The first-order chi connectivity index (χ1) is 8.81. The third-order valence-corrected chi connectivity index (χ3v) is 4.70. The van der Waals surface area contributed by atoms with E-state index in [2.05, 4.69) is 45.5 Å². The van der Waals surface area contributed by atoms with E-state index in [9.17, 15) is 0 Å². The molecule has 3 rings (SSSR count). The summed E-state index contributed by atoms with van der Waals surface area (Å²) in [5.41, 5.74) is 1.49. The van der Waals surface area contributed by atoms with Crippen molar-refractivity contribution in [1.29, 1.82) is 0 Å². The predicted octanol–water partition coefficient (Wildman–Crippen LogP) is 3.46. The molecular formula is C15H20BrNO. The van der Waals surface area contributed by atoms with E-state index in [1.807, 2.05) is 0 Å². The quantitative estimate of drug-likeness (QED) is 0.923. The van der Waals surface area contributed by atoms with Crippen molar-refractivity contribution in [3.8, 4) is 0 Å². The Hall–Kier alpha value is -0.380. The second-order valence-electron chi connectivity index (χ2n) is 5.47. The lowest BCUT2D eigenvalue weighted by Gasteiger charge is -2.39. The normalized spacial score (nSPS) is 28.9. The van der Waals surface area contributed by atoms with Crippen LogP contribution in [0.25, 0.3) is 0 Å². The Kier molecular flexibility index (Phi) is 4.02. The fourth-order valence-corrected chi connectivity index (χ4v) is 3.22. The molecule has 0 aromatic heterocycles. The van der Waals surface area contributed by atoms with Crippen LogP contribution >= 0.6 is 15.9 Å². The van der Waals surface area contributed by atoms with E-state index < -0.39 is 0 Å². The van der Waals surface area contributed by atoms with Crippen LogP contribution in [0.1, 0.15) is 37.2 Å². The number of hydrogen-bond donors (Lipinski definition) is 1. The molecule has 2 fully saturated rings.